The third-order valence-corrected chi connectivity index (χ3v) is 2.47. The highest BCUT2D eigenvalue weighted by molar-refractivity contribution is 9.10. The Balaban J connectivity index is 2.66. The van der Waals surface area contributed by atoms with E-state index < -0.39 is 0 Å². The largest absolute Gasteiger partial charge is 0.341 e. The second kappa shape index (κ2) is 5.00. The Morgan fingerprint density at radius 1 is 1.50 bits per heavy atom. The predicted octanol–water partition coefficient (Wildman–Crippen LogP) is 2.19. The third-order valence-electron chi connectivity index (χ3n) is 1.98. The second-order valence-corrected chi connectivity index (χ2v) is 3.92. The van der Waals surface area contributed by atoms with Crippen LogP contribution in [-0.2, 0) is 6.54 Å². The zero-order chi connectivity index (χ0) is 10.6. The molecule has 14 heavy (non-hydrogen) atoms. The van der Waals surface area contributed by atoms with Gasteiger partial charge in [0.1, 0.15) is 0 Å². The van der Waals surface area contributed by atoms with Gasteiger partial charge in [-0.1, -0.05) is 22.0 Å². The number of hydrogen-bond donors (Lipinski definition) is 2. The predicted molar refractivity (Wildman–Crippen MR) is 60.2 cm³/mol. The van der Waals surface area contributed by atoms with E-state index in [4.69, 9.17) is 0 Å². The van der Waals surface area contributed by atoms with Gasteiger partial charge in [0.15, 0.2) is 0 Å². The molecule has 1 aromatic rings. The second-order valence-electron chi connectivity index (χ2n) is 3.00. The number of halogens is 1. The van der Waals surface area contributed by atoms with Crippen molar-refractivity contribution in [2.24, 2.45) is 0 Å². The van der Waals surface area contributed by atoms with Crippen LogP contribution < -0.4 is 10.6 Å². The molecule has 0 saturated heterocycles. The molecule has 1 aromatic carbocycles. The van der Waals surface area contributed by atoms with Crippen LogP contribution in [0.1, 0.15) is 11.1 Å². The van der Waals surface area contributed by atoms with Crippen molar-refractivity contribution >= 4 is 22.0 Å². The molecule has 1 rings (SSSR count). The number of aryl methyl sites for hydroxylation is 1. The molecule has 4 heteroatoms. The van der Waals surface area contributed by atoms with Crippen molar-refractivity contribution in [2.45, 2.75) is 13.5 Å². The normalized spacial score (nSPS) is 9.64. The molecule has 0 saturated carbocycles. The van der Waals surface area contributed by atoms with Crippen molar-refractivity contribution in [3.05, 3.63) is 33.8 Å². The quantitative estimate of drug-likeness (QED) is 0.837. The highest BCUT2D eigenvalue weighted by Crippen LogP contribution is 2.15. The number of hydrogen-bond acceptors (Lipinski definition) is 1. The van der Waals surface area contributed by atoms with Crippen molar-refractivity contribution in [1.29, 1.82) is 0 Å². The summed E-state index contributed by atoms with van der Waals surface area (Å²) >= 11 is 3.39. The summed E-state index contributed by atoms with van der Waals surface area (Å²) in [4.78, 5) is 10.9. The summed E-state index contributed by atoms with van der Waals surface area (Å²) in [6, 6.07) is 5.85. The molecule has 0 unspecified atom stereocenters. The molecule has 0 atom stereocenters. The van der Waals surface area contributed by atoms with E-state index in [9.17, 15) is 4.79 Å². The van der Waals surface area contributed by atoms with Gasteiger partial charge < -0.3 is 10.6 Å². The summed E-state index contributed by atoms with van der Waals surface area (Å²) in [6.45, 7) is 2.57. The number of carbonyl (C=O) groups excluding carboxylic acids is 1. The van der Waals surface area contributed by atoms with Crippen LogP contribution in [-0.4, -0.2) is 13.1 Å². The van der Waals surface area contributed by atoms with Gasteiger partial charge in [0, 0.05) is 18.1 Å². The maximum Gasteiger partial charge on any atom is 0.314 e. The molecule has 76 valence electrons. The summed E-state index contributed by atoms with van der Waals surface area (Å²) in [7, 11) is 1.60. The van der Waals surface area contributed by atoms with Crippen LogP contribution in [0.4, 0.5) is 4.79 Å². The van der Waals surface area contributed by atoms with Crippen LogP contribution in [0, 0.1) is 6.92 Å². The average Bonchev–Trinajstić information content (AvgIpc) is 2.19. The van der Waals surface area contributed by atoms with Gasteiger partial charge >= 0.3 is 6.03 Å². The standard InChI is InChI=1S/C10H13BrN2O/c1-7-3-4-9(11)5-8(7)6-13-10(14)12-2/h3-5H,6H2,1-2H3,(H2,12,13,14). The lowest BCUT2D eigenvalue weighted by atomic mass is 10.1. The number of amides is 2. The molecule has 0 bridgehead atoms. The van der Waals surface area contributed by atoms with Crippen molar-refractivity contribution in [3.63, 3.8) is 0 Å². The van der Waals surface area contributed by atoms with E-state index in [-0.39, 0.29) is 6.03 Å². The van der Waals surface area contributed by atoms with Gasteiger partial charge in [-0.05, 0) is 30.2 Å². The number of carbonyl (C=O) groups is 1. The molecule has 0 aliphatic heterocycles. The number of urea groups is 1. The molecule has 0 heterocycles. The number of rotatable bonds is 2. The molecule has 0 aliphatic carbocycles. The van der Waals surface area contributed by atoms with Gasteiger partial charge in [-0.2, -0.15) is 0 Å². The lowest BCUT2D eigenvalue weighted by molar-refractivity contribution is 0.242. The van der Waals surface area contributed by atoms with Crippen LogP contribution >= 0.6 is 15.9 Å². The van der Waals surface area contributed by atoms with Gasteiger partial charge in [-0.3, -0.25) is 0 Å². The first kappa shape index (κ1) is 11.0. The molecule has 0 aliphatic rings. The molecule has 2 N–H and O–H groups in total. The molecule has 0 spiro atoms. The van der Waals surface area contributed by atoms with E-state index in [1.807, 2.05) is 25.1 Å². The smallest absolute Gasteiger partial charge is 0.314 e. The van der Waals surface area contributed by atoms with E-state index in [2.05, 4.69) is 26.6 Å². The Hall–Kier alpha value is -1.03. The van der Waals surface area contributed by atoms with E-state index >= 15 is 0 Å². The number of nitrogens with one attached hydrogen (secondary N) is 2. The van der Waals surface area contributed by atoms with Gasteiger partial charge in [0.2, 0.25) is 0 Å². The van der Waals surface area contributed by atoms with Gasteiger partial charge in [0.05, 0.1) is 0 Å². The summed E-state index contributed by atoms with van der Waals surface area (Å²) in [5.41, 5.74) is 2.28. The van der Waals surface area contributed by atoms with E-state index in [0.717, 1.165) is 10.0 Å². The minimum absolute atomic E-state index is 0.163. The summed E-state index contributed by atoms with van der Waals surface area (Å²) in [5, 5.41) is 5.25. The third kappa shape index (κ3) is 3.03. The highest BCUT2D eigenvalue weighted by atomic mass is 79.9. The maximum absolute atomic E-state index is 10.9. The zero-order valence-corrected chi connectivity index (χ0v) is 9.81. The molecule has 0 aromatic heterocycles. The van der Waals surface area contributed by atoms with Gasteiger partial charge in [-0.25, -0.2) is 4.79 Å². The summed E-state index contributed by atoms with van der Waals surface area (Å²) < 4.78 is 1.02. The molecular formula is C10H13BrN2O. The van der Waals surface area contributed by atoms with Gasteiger partial charge in [0.25, 0.3) is 0 Å². The first-order chi connectivity index (χ1) is 6.63. The molecule has 0 fully saturated rings. The maximum atomic E-state index is 10.9. The fraction of sp³-hybridized carbons (Fsp3) is 0.300. The Morgan fingerprint density at radius 2 is 2.21 bits per heavy atom. The number of benzene rings is 1. The monoisotopic (exact) mass is 256 g/mol. The summed E-state index contributed by atoms with van der Waals surface area (Å²) in [5.74, 6) is 0. The Labute approximate surface area is 92.0 Å². The minimum atomic E-state index is -0.163. The minimum Gasteiger partial charge on any atom is -0.341 e. The van der Waals surface area contributed by atoms with Crippen LogP contribution in [0.5, 0.6) is 0 Å². The van der Waals surface area contributed by atoms with Crippen molar-refractivity contribution in [2.75, 3.05) is 7.05 Å². The van der Waals surface area contributed by atoms with E-state index in [1.54, 1.807) is 7.05 Å². The van der Waals surface area contributed by atoms with Crippen molar-refractivity contribution < 1.29 is 4.79 Å². The molecule has 0 radical (unpaired) electrons. The summed E-state index contributed by atoms with van der Waals surface area (Å²) in [6.07, 6.45) is 0. The van der Waals surface area contributed by atoms with Crippen LogP contribution in [0.25, 0.3) is 0 Å². The average molecular weight is 257 g/mol. The van der Waals surface area contributed by atoms with Gasteiger partial charge in [-0.15, -0.1) is 0 Å². The Morgan fingerprint density at radius 3 is 2.86 bits per heavy atom. The fourth-order valence-corrected chi connectivity index (χ4v) is 1.50. The topological polar surface area (TPSA) is 41.1 Å². The fourth-order valence-electron chi connectivity index (χ4n) is 1.09. The SMILES string of the molecule is CNC(=O)NCc1cc(Br)ccc1C. The molecular weight excluding hydrogens is 244 g/mol. The molecule has 3 nitrogen and oxygen atoms in total. The van der Waals surface area contributed by atoms with Crippen LogP contribution in [0.3, 0.4) is 0 Å². The first-order valence-corrected chi connectivity index (χ1v) is 5.13. The van der Waals surface area contributed by atoms with Crippen LogP contribution in [0.15, 0.2) is 22.7 Å². The highest BCUT2D eigenvalue weighted by Gasteiger charge is 2.01. The molecule has 2 amide bonds. The lowest BCUT2D eigenvalue weighted by Crippen LogP contribution is -2.32. The van der Waals surface area contributed by atoms with Crippen LogP contribution in [0.2, 0.25) is 0 Å². The van der Waals surface area contributed by atoms with E-state index in [0.29, 0.717) is 6.54 Å². The van der Waals surface area contributed by atoms with Crippen molar-refractivity contribution in [1.82, 2.24) is 10.6 Å². The Kier molecular flexibility index (Phi) is 3.95. The first-order valence-electron chi connectivity index (χ1n) is 4.34. The van der Waals surface area contributed by atoms with Crippen molar-refractivity contribution in [3.8, 4) is 0 Å². The Bertz CT molecular complexity index is 339. The zero-order valence-electron chi connectivity index (χ0n) is 8.23. The lowest BCUT2D eigenvalue weighted by Gasteiger charge is -2.07. The van der Waals surface area contributed by atoms with E-state index in [1.165, 1.54) is 5.56 Å².